The van der Waals surface area contributed by atoms with Gasteiger partial charge in [0.05, 0.1) is 18.3 Å². The molecule has 2 N–H and O–H groups in total. The van der Waals surface area contributed by atoms with Crippen molar-refractivity contribution in [3.8, 4) is 0 Å². The molecule has 0 aromatic rings. The van der Waals surface area contributed by atoms with Gasteiger partial charge in [0.1, 0.15) is 26.9 Å². The summed E-state index contributed by atoms with van der Waals surface area (Å²) in [6.45, 7) is 6.50. The van der Waals surface area contributed by atoms with E-state index in [1.165, 1.54) is 0 Å². The Morgan fingerprint density at radius 3 is 2.12 bits per heavy atom. The molecule has 2 aliphatic rings. The second-order valence-electron chi connectivity index (χ2n) is 8.49. The molecule has 6 nitrogen and oxygen atoms in total. The monoisotopic (exact) mass is 388 g/mol. The van der Waals surface area contributed by atoms with Crippen LogP contribution in [0.15, 0.2) is 0 Å². The summed E-state index contributed by atoms with van der Waals surface area (Å²) in [6, 6.07) is 0. The molecule has 10 heteroatoms. The molecule has 0 amide bonds. The van der Waals surface area contributed by atoms with Gasteiger partial charge in [-0.15, -0.1) is 0 Å². The summed E-state index contributed by atoms with van der Waals surface area (Å²) in [5.74, 6) is 0. The fourth-order valence-corrected chi connectivity index (χ4v) is 5.60. The first-order chi connectivity index (χ1) is 10.9. The van der Waals surface area contributed by atoms with Gasteiger partial charge in [0.25, 0.3) is 0 Å². The Morgan fingerprint density at radius 1 is 1.16 bits per heavy atom. The van der Waals surface area contributed by atoms with Crippen molar-refractivity contribution >= 4 is 34.2 Å². The summed E-state index contributed by atoms with van der Waals surface area (Å²) in [6.07, 6.45) is 0.216. The van der Waals surface area contributed by atoms with Gasteiger partial charge in [0.15, 0.2) is 0 Å². The van der Waals surface area contributed by atoms with Crippen molar-refractivity contribution in [3.63, 3.8) is 0 Å². The minimum atomic E-state index is -3.63. The Labute approximate surface area is 158 Å². The molecule has 0 spiro atoms. The van der Waals surface area contributed by atoms with Crippen LogP contribution in [-0.4, -0.2) is 66.2 Å². The topological polar surface area (TPSA) is 77.4 Å². The lowest BCUT2D eigenvalue weighted by molar-refractivity contribution is -0.139. The number of hydrogen-bond donors (Lipinski definition) is 2. The fraction of sp³-hybridized carbons (Fsp3) is 1.00. The third-order valence-corrected chi connectivity index (χ3v) is 6.77. The average Bonchev–Trinajstić information content (AvgIpc) is 2.61. The van der Waals surface area contributed by atoms with E-state index in [1.54, 1.807) is 41.5 Å². The van der Waals surface area contributed by atoms with Crippen LogP contribution >= 0.6 is 6.72 Å². The van der Waals surface area contributed by atoms with Crippen LogP contribution in [0.25, 0.3) is 0 Å². The zero-order valence-electron chi connectivity index (χ0n) is 15.7. The van der Waals surface area contributed by atoms with Gasteiger partial charge in [-0.05, 0) is 66.2 Å². The molecule has 25 heavy (non-hydrogen) atoms. The van der Waals surface area contributed by atoms with Crippen LogP contribution in [0.5, 0.6) is 0 Å². The summed E-state index contributed by atoms with van der Waals surface area (Å²) in [7, 11) is 12.0. The largest absolute Gasteiger partial charge is 0.387 e. The first kappa shape index (κ1) is 21.8. The van der Waals surface area contributed by atoms with E-state index in [0.717, 1.165) is 0 Å². The van der Waals surface area contributed by atoms with E-state index in [9.17, 15) is 10.00 Å². The van der Waals surface area contributed by atoms with Crippen LogP contribution in [0.2, 0.25) is 0 Å². The van der Waals surface area contributed by atoms with Gasteiger partial charge < -0.3 is 24.0 Å². The molecule has 2 aliphatic heterocycles. The minimum Gasteiger partial charge on any atom is -0.387 e. The second-order valence-corrected chi connectivity index (χ2v) is 11.3. The normalized spacial score (nSPS) is 53.0. The van der Waals surface area contributed by atoms with E-state index in [-0.39, 0.29) is 19.1 Å². The molecule has 2 heterocycles. The average molecular weight is 388 g/mol. The molecule has 2 saturated heterocycles. The molecule has 0 aromatic heterocycles. The molecule has 2 fully saturated rings. The van der Waals surface area contributed by atoms with Crippen molar-refractivity contribution in [2.75, 3.05) is 6.61 Å². The summed E-state index contributed by atoms with van der Waals surface area (Å²) < 4.78 is 22.7. The fourth-order valence-electron chi connectivity index (χ4n) is 3.73. The van der Waals surface area contributed by atoms with Crippen molar-refractivity contribution in [2.24, 2.45) is 0 Å². The Balaban J connectivity index is 2.06. The molecule has 140 valence electrons. The zero-order chi connectivity index (χ0) is 19.5. The Morgan fingerprint density at radius 2 is 1.72 bits per heavy atom. The summed E-state index contributed by atoms with van der Waals surface area (Å²) in [5, 5.41) is 10.6. The summed E-state index contributed by atoms with van der Waals surface area (Å²) in [4.78, 5) is 10.5. The minimum absolute atomic E-state index is 0.161. The SMILES string of the molecule is [B]C1(C)CC(C)(OP(O)(=S)OCC2(C)OC([B])(C)CC2(C)O)C(C)O1. The van der Waals surface area contributed by atoms with Crippen LogP contribution in [-0.2, 0) is 30.3 Å². The van der Waals surface area contributed by atoms with Crippen LogP contribution in [0, 0.1) is 0 Å². The third-order valence-electron chi connectivity index (χ3n) is 5.13. The van der Waals surface area contributed by atoms with Gasteiger partial charge in [-0.3, -0.25) is 4.52 Å². The van der Waals surface area contributed by atoms with Crippen molar-refractivity contribution in [2.45, 2.75) is 88.3 Å². The van der Waals surface area contributed by atoms with Crippen LogP contribution < -0.4 is 0 Å². The first-order valence-electron chi connectivity index (χ1n) is 8.27. The van der Waals surface area contributed by atoms with Crippen molar-refractivity contribution in [1.82, 2.24) is 0 Å². The van der Waals surface area contributed by atoms with E-state index in [0.29, 0.717) is 6.42 Å². The highest BCUT2D eigenvalue weighted by atomic mass is 32.5. The summed E-state index contributed by atoms with van der Waals surface area (Å²) >= 11 is 5.15. The van der Waals surface area contributed by atoms with E-state index >= 15 is 0 Å². The standard InChI is InChI=1S/C15H27B2O6PS/c1-10-11(2,7-14(5,16)21-10)23-24(19,25)20-9-13(4)12(3,18)8-15(6,17)22-13/h10,18H,7-9H2,1-6H3,(H,19,25). The smallest absolute Gasteiger partial charge is 0.325 e. The lowest BCUT2D eigenvalue weighted by atomic mass is 9.75. The van der Waals surface area contributed by atoms with Crippen molar-refractivity contribution in [1.29, 1.82) is 0 Å². The molecule has 7 unspecified atom stereocenters. The second kappa shape index (κ2) is 6.28. The first-order valence-corrected chi connectivity index (χ1v) is 10.9. The maximum atomic E-state index is 10.6. The van der Waals surface area contributed by atoms with E-state index in [1.807, 2.05) is 0 Å². The van der Waals surface area contributed by atoms with E-state index in [2.05, 4.69) is 0 Å². The van der Waals surface area contributed by atoms with Gasteiger partial charge in [0, 0.05) is 11.0 Å². The Kier molecular flexibility index (Phi) is 5.48. The van der Waals surface area contributed by atoms with Crippen molar-refractivity contribution in [3.05, 3.63) is 0 Å². The lowest BCUT2D eigenvalue weighted by Gasteiger charge is -2.37. The van der Waals surface area contributed by atoms with Gasteiger partial charge in [0.2, 0.25) is 0 Å². The maximum absolute atomic E-state index is 10.6. The Hall–Kier alpha value is 0.540. The van der Waals surface area contributed by atoms with Gasteiger partial charge in [-0.1, -0.05) is 0 Å². The molecule has 0 aliphatic carbocycles. The van der Waals surface area contributed by atoms with Gasteiger partial charge in [-0.25, -0.2) is 0 Å². The number of ether oxygens (including phenoxy) is 2. The molecule has 2 rings (SSSR count). The van der Waals surface area contributed by atoms with Crippen LogP contribution in [0.3, 0.4) is 0 Å². The number of rotatable bonds is 5. The highest BCUT2D eigenvalue weighted by molar-refractivity contribution is 8.07. The molecular weight excluding hydrogens is 361 g/mol. The van der Waals surface area contributed by atoms with Crippen molar-refractivity contribution < 1.29 is 28.5 Å². The van der Waals surface area contributed by atoms with Gasteiger partial charge in [-0.2, -0.15) is 0 Å². The zero-order valence-corrected chi connectivity index (χ0v) is 17.4. The van der Waals surface area contributed by atoms with E-state index in [4.69, 9.17) is 46.0 Å². The molecule has 4 radical (unpaired) electrons. The predicted octanol–water partition coefficient (Wildman–Crippen LogP) is 1.50. The van der Waals surface area contributed by atoms with Crippen LogP contribution in [0.4, 0.5) is 0 Å². The third kappa shape index (κ3) is 4.69. The quantitative estimate of drug-likeness (QED) is 0.546. The maximum Gasteiger partial charge on any atom is 0.325 e. The number of hydrogen-bond acceptors (Lipinski definition) is 6. The van der Waals surface area contributed by atoms with Gasteiger partial charge >= 0.3 is 6.72 Å². The molecule has 0 bridgehead atoms. The molecular formula is C15H27B2O6PS. The highest BCUT2D eigenvalue weighted by Crippen LogP contribution is 2.55. The Bertz CT molecular complexity index is 586. The summed E-state index contributed by atoms with van der Waals surface area (Å²) in [5.41, 5.74) is -5.12. The molecule has 0 aromatic carbocycles. The highest BCUT2D eigenvalue weighted by Gasteiger charge is 2.57. The predicted molar refractivity (Wildman–Crippen MR) is 100 cm³/mol. The lowest BCUT2D eigenvalue weighted by Crippen LogP contribution is -2.49. The number of aliphatic hydroxyl groups is 1. The van der Waals surface area contributed by atoms with Crippen LogP contribution in [0.1, 0.15) is 54.4 Å². The molecule has 7 atom stereocenters. The van der Waals surface area contributed by atoms with E-state index < -0.39 is 34.5 Å². The molecule has 0 saturated carbocycles.